The standard InChI is InChI=1S/C26H34N4O2.C26H27N3O5S.C20H25N3O.C20H22N2O3/c1-16-14-26-20(23(16)25(32)28-10-9-18(15-28)27(3)4)13-22(31)30(26)12-11-29-21-8-6-5-7-19(21)17(2)24(26)29;1-16-7-9-18(10-8-16)35(33,34)29-23-6-4-3-5-19(23)20-11-12-27-24(30)13-22-21(15-28(31)32)17(2)14-26(22,27)25(20)29;1-12-10-20-16(15(12)11-21)9-18(24)23(20)8-7-22-17-6-4-3-5-14(17)13(2)19(20)22;1-11-10-20-14(17(11)19(24)25)9-16(23)22(20)8-7-21-15-6-4-3-5-13(15)12(2)18(20)21/h5-8,16,18,20,23H,9-15H2,1-4H3;3-10,17,21-22H,11-15H2,1-2H3;3-6,12,15-16H,7-11,21H2,1-2H3;3-6,11,14,17H,7-10H2,1-2H3,(H,24,25)/t16-,18?,20-,23+,26+;17-,21+,22-,26+;12-,15+,16-,20+;11-,14-,17+,20+/m0000/s1. The number of hydrogen-bond donors (Lipinski definition) is 2. The summed E-state index contributed by atoms with van der Waals surface area (Å²) in [5, 5.41) is 26.1. The molecular weight excluding hydrogens is 1480 g/mol. The van der Waals surface area contributed by atoms with E-state index in [4.69, 9.17) is 5.73 Å². The summed E-state index contributed by atoms with van der Waals surface area (Å²) >= 11 is 0. The van der Waals surface area contributed by atoms with E-state index in [1.54, 1.807) is 24.3 Å². The van der Waals surface area contributed by atoms with Gasteiger partial charge in [-0.25, -0.2) is 12.4 Å². The number of nitro groups is 1. The summed E-state index contributed by atoms with van der Waals surface area (Å²) in [7, 11) is 0.207. The molecule has 4 spiro atoms. The number of carboxylic acid groups (broad SMARTS) is 1. The first-order valence-corrected chi connectivity index (χ1v) is 43.9. The van der Waals surface area contributed by atoms with Crippen LogP contribution in [0.5, 0.6) is 0 Å². The van der Waals surface area contributed by atoms with Crippen molar-refractivity contribution < 1.29 is 47.2 Å². The Hall–Kier alpha value is -9.65. The monoisotopic (exact) mass is 1590 g/mol. The Kier molecular flexibility index (Phi) is 17.9. The third-order valence-electron chi connectivity index (χ3n) is 31.7. The number of rotatable bonds is 8. The maximum absolute atomic E-state index is 14.2. The van der Waals surface area contributed by atoms with Crippen LogP contribution in [-0.4, -0.2) is 174 Å². The van der Waals surface area contributed by atoms with E-state index in [2.05, 4.69) is 143 Å². The number of aryl methyl sites for hydroxylation is 4. The Balaban J connectivity index is 0.000000104. The number of likely N-dealkylation sites (N-methyl/N-ethyl adjacent to an activating group) is 1. The highest BCUT2D eigenvalue weighted by Crippen LogP contribution is 2.67. The van der Waals surface area contributed by atoms with Gasteiger partial charge in [-0.1, -0.05) is 118 Å². The van der Waals surface area contributed by atoms with Crippen LogP contribution in [0.4, 0.5) is 0 Å². The van der Waals surface area contributed by atoms with Crippen molar-refractivity contribution in [1.82, 2.24) is 47.1 Å². The van der Waals surface area contributed by atoms with E-state index in [0.717, 1.165) is 88.0 Å². The zero-order chi connectivity index (χ0) is 81.2. The van der Waals surface area contributed by atoms with Gasteiger partial charge < -0.3 is 53.9 Å². The highest BCUT2D eigenvalue weighted by atomic mass is 32.2. The van der Waals surface area contributed by atoms with Crippen LogP contribution in [0.1, 0.15) is 136 Å². The van der Waals surface area contributed by atoms with Gasteiger partial charge in [-0.15, -0.1) is 0 Å². The number of amides is 5. The van der Waals surface area contributed by atoms with Gasteiger partial charge in [0.15, 0.2) is 0 Å². The van der Waals surface area contributed by atoms with Gasteiger partial charge in [0.25, 0.3) is 10.0 Å². The lowest BCUT2D eigenvalue weighted by Crippen LogP contribution is -2.52. The van der Waals surface area contributed by atoms with Crippen LogP contribution in [-0.2, 0) is 87.0 Å². The molecule has 5 aromatic carbocycles. The molecule has 1 unspecified atom stereocenters. The van der Waals surface area contributed by atoms with E-state index in [0.29, 0.717) is 92.7 Å². The van der Waals surface area contributed by atoms with Crippen LogP contribution in [0.25, 0.3) is 43.6 Å². The Morgan fingerprint density at radius 3 is 1.36 bits per heavy atom. The molecule has 4 aliphatic carbocycles. The van der Waals surface area contributed by atoms with Crippen molar-refractivity contribution in [2.24, 2.45) is 76.7 Å². The molecule has 0 bridgehead atoms. The molecule has 17 atom stereocenters. The molecule has 608 valence electrons. The molecule has 13 aliphatic rings. The van der Waals surface area contributed by atoms with Crippen LogP contribution in [0, 0.1) is 109 Å². The van der Waals surface area contributed by atoms with E-state index < -0.39 is 33.0 Å². The summed E-state index contributed by atoms with van der Waals surface area (Å²) in [5.74, 6) is 0.721. The van der Waals surface area contributed by atoms with Crippen LogP contribution >= 0.6 is 0 Å². The van der Waals surface area contributed by atoms with Crippen molar-refractivity contribution in [3.63, 3.8) is 0 Å². The van der Waals surface area contributed by atoms with E-state index >= 15 is 0 Å². The Morgan fingerprint density at radius 1 is 0.509 bits per heavy atom. The van der Waals surface area contributed by atoms with Gasteiger partial charge >= 0.3 is 5.97 Å². The third-order valence-corrected chi connectivity index (χ3v) is 33.5. The van der Waals surface area contributed by atoms with Gasteiger partial charge in [0, 0.05) is 186 Å². The quantitative estimate of drug-likeness (QED) is 0.106. The summed E-state index contributed by atoms with van der Waals surface area (Å²) in [6, 6.07) is 40.4. The lowest BCUT2D eigenvalue weighted by molar-refractivity contribution is -0.491. The molecule has 13 heterocycles. The number of likely N-dealkylation sites (tertiary alicyclic amines) is 1. The molecule has 9 aromatic rings. The summed E-state index contributed by atoms with van der Waals surface area (Å²) in [6.45, 7) is 24.5. The topological polar surface area (TPSA) is 265 Å². The molecule has 24 heteroatoms. The average molecular weight is 1590 g/mol. The normalized spacial score (nSPS) is 32.0. The molecule has 4 aromatic heterocycles. The Morgan fingerprint density at radius 2 is 0.905 bits per heavy atom. The van der Waals surface area contributed by atoms with Crippen molar-refractivity contribution in [1.29, 1.82) is 0 Å². The first-order chi connectivity index (χ1) is 55.6. The number of nitrogens with zero attached hydrogens (tertiary/aromatic N) is 11. The zero-order valence-corrected chi connectivity index (χ0v) is 69.2. The smallest absolute Gasteiger partial charge is 0.307 e. The van der Waals surface area contributed by atoms with Gasteiger partial charge in [0.2, 0.25) is 36.1 Å². The van der Waals surface area contributed by atoms with Crippen molar-refractivity contribution in [3.8, 4) is 0 Å². The average Bonchev–Trinajstić information content (AvgIpc) is 1.51. The van der Waals surface area contributed by atoms with Crippen LogP contribution in [0.3, 0.4) is 0 Å². The number of aliphatic carboxylic acids is 1. The number of fused-ring (bicyclic) bond motifs is 12. The lowest BCUT2D eigenvalue weighted by atomic mass is 9.77. The van der Waals surface area contributed by atoms with E-state index in [1.807, 2.05) is 67.0 Å². The molecule has 116 heavy (non-hydrogen) atoms. The molecular formula is C92H108N12O11S. The van der Waals surface area contributed by atoms with Gasteiger partial charge in [0.05, 0.1) is 44.2 Å². The Bertz CT molecular complexity index is 5780. The minimum atomic E-state index is -3.99. The van der Waals surface area contributed by atoms with E-state index in [-0.39, 0.29) is 105 Å². The molecule has 0 radical (unpaired) electrons. The second-order valence-electron chi connectivity index (χ2n) is 37.1. The molecule has 23 nitrogen and oxygen atoms in total. The number of benzene rings is 5. The highest BCUT2D eigenvalue weighted by Gasteiger charge is 2.71. The van der Waals surface area contributed by atoms with Crippen LogP contribution in [0.2, 0.25) is 0 Å². The zero-order valence-electron chi connectivity index (χ0n) is 68.3. The number of nitrogens with two attached hydrogens (primary N) is 1. The van der Waals surface area contributed by atoms with Gasteiger partial charge in [-0.3, -0.25) is 38.9 Å². The van der Waals surface area contributed by atoms with Crippen molar-refractivity contribution >= 4 is 89.1 Å². The van der Waals surface area contributed by atoms with Crippen molar-refractivity contribution in [2.45, 2.75) is 172 Å². The SMILES string of the molecule is Cc1c2n(c3ccccc13)CCN1C(=O)C[C@H]3[C@H](C(=O)N4CCC(N(C)C)C4)[C@@H](C)C[C@]231.Cc1c2n(c3ccccc13)CCN1C(=O)C[C@H]3[C@H](C(=O)O)[C@@H](C)C[C@]231.Cc1c2n(c3ccccc13)CCN1C(=O)C[C@H]3[C@H](CN)[C@@H](C)C[C@]231.Cc1ccc(S(=O)(=O)n2c3c(c4ccccc42)CCN2C(=O)C[C@H]4[C@H](C[N+](=O)[O-])[C@@H](C)C[C@]342)cc1. The molecule has 9 fully saturated rings. The second-order valence-corrected chi connectivity index (χ2v) is 38.9. The van der Waals surface area contributed by atoms with Gasteiger partial charge in [-0.05, 0) is 175 Å². The summed E-state index contributed by atoms with van der Waals surface area (Å²) in [4.78, 5) is 102. The molecule has 5 amide bonds. The Labute approximate surface area is 677 Å². The second kappa shape index (κ2) is 27.2. The van der Waals surface area contributed by atoms with Crippen molar-refractivity contribution in [2.75, 3.05) is 66.5 Å². The van der Waals surface area contributed by atoms with Gasteiger partial charge in [-0.2, -0.15) is 0 Å². The summed E-state index contributed by atoms with van der Waals surface area (Å²) in [5.41, 5.74) is 19.1. The fourth-order valence-corrected chi connectivity index (χ4v) is 29.0. The molecule has 22 rings (SSSR count). The van der Waals surface area contributed by atoms with Gasteiger partial charge in [0.1, 0.15) is 0 Å². The number of carbonyl (C=O) groups is 6. The van der Waals surface area contributed by atoms with E-state index in [9.17, 15) is 52.4 Å². The number of hydrogen-bond acceptors (Lipinski definition) is 12. The highest BCUT2D eigenvalue weighted by molar-refractivity contribution is 7.90. The third kappa shape index (κ3) is 10.4. The minimum Gasteiger partial charge on any atom is -0.481 e. The molecule has 9 aliphatic heterocycles. The first kappa shape index (κ1) is 76.3. The predicted molar refractivity (Wildman–Crippen MR) is 442 cm³/mol. The van der Waals surface area contributed by atoms with Crippen LogP contribution in [0.15, 0.2) is 126 Å². The van der Waals surface area contributed by atoms with E-state index in [1.165, 1.54) is 70.5 Å². The summed E-state index contributed by atoms with van der Waals surface area (Å²) in [6.07, 6.45) is 6.57. The fraction of sp³-hybridized carbons (Fsp3) is 0.522. The fourth-order valence-electron chi connectivity index (χ4n) is 27.4. The number of aromatic nitrogens is 4. The maximum atomic E-state index is 14.2. The molecule has 4 saturated carbocycles. The molecule has 3 N–H and O–H groups in total. The summed E-state index contributed by atoms with van der Waals surface area (Å²) < 4.78 is 37.3. The van der Waals surface area contributed by atoms with Crippen molar-refractivity contribution in [3.05, 3.63) is 182 Å². The predicted octanol–water partition coefficient (Wildman–Crippen LogP) is 11.9. The number of carboxylic acids is 1. The number of carbonyl (C=O) groups excluding carboxylic acids is 5. The largest absolute Gasteiger partial charge is 0.481 e. The number of para-hydroxylation sites is 4. The molecule has 5 saturated heterocycles. The lowest BCUT2D eigenvalue weighted by Gasteiger charge is -2.44. The van der Waals surface area contributed by atoms with Crippen LogP contribution < -0.4 is 5.73 Å². The minimum absolute atomic E-state index is 0.0134. The maximum Gasteiger partial charge on any atom is 0.307 e. The first-order valence-electron chi connectivity index (χ1n) is 42.5.